The van der Waals surface area contributed by atoms with E-state index in [1.54, 1.807) is 0 Å². The lowest BCUT2D eigenvalue weighted by Crippen LogP contribution is -2.32. The van der Waals surface area contributed by atoms with Crippen LogP contribution in [0.1, 0.15) is 21.5 Å². The van der Waals surface area contributed by atoms with Gasteiger partial charge in [0.15, 0.2) is 0 Å². The van der Waals surface area contributed by atoms with Crippen molar-refractivity contribution in [2.45, 2.75) is 13.3 Å². The van der Waals surface area contributed by atoms with E-state index in [-0.39, 0.29) is 5.91 Å². The molecule has 0 spiro atoms. The van der Waals surface area contributed by atoms with Crippen LogP contribution in [0.2, 0.25) is 5.02 Å². The first kappa shape index (κ1) is 9.99. The summed E-state index contributed by atoms with van der Waals surface area (Å²) in [5.74, 6) is -0.0688. The van der Waals surface area contributed by atoms with Crippen LogP contribution in [0.25, 0.3) is 0 Å². The number of carbonyl (C=O) groups is 1. The third-order valence-corrected chi connectivity index (χ3v) is 3.58. The lowest BCUT2D eigenvalue weighted by molar-refractivity contribution is 0.0946. The highest BCUT2D eigenvalue weighted by molar-refractivity contribution is 9.10. The van der Waals surface area contributed by atoms with Gasteiger partial charge in [-0.15, -0.1) is 0 Å². The molecule has 1 aromatic rings. The van der Waals surface area contributed by atoms with Crippen LogP contribution in [0.15, 0.2) is 10.5 Å². The molecule has 0 fully saturated rings. The van der Waals surface area contributed by atoms with E-state index >= 15 is 0 Å². The first-order chi connectivity index (χ1) is 6.61. The molecule has 1 N–H and O–H groups in total. The van der Waals surface area contributed by atoms with Gasteiger partial charge in [-0.1, -0.05) is 27.5 Å². The van der Waals surface area contributed by atoms with Crippen LogP contribution in [0.4, 0.5) is 0 Å². The summed E-state index contributed by atoms with van der Waals surface area (Å²) < 4.78 is 0.976. The van der Waals surface area contributed by atoms with Gasteiger partial charge in [-0.05, 0) is 30.5 Å². The van der Waals surface area contributed by atoms with Gasteiger partial charge in [0.25, 0.3) is 5.91 Å². The number of amides is 1. The van der Waals surface area contributed by atoms with Crippen molar-refractivity contribution in [1.29, 1.82) is 0 Å². The number of aryl methyl sites for hydroxylation is 1. The molecule has 74 valence electrons. The van der Waals surface area contributed by atoms with Gasteiger partial charge >= 0.3 is 0 Å². The molecular formula is C10H9BrClNO. The van der Waals surface area contributed by atoms with Gasteiger partial charge in [-0.25, -0.2) is 0 Å². The second kappa shape index (κ2) is 3.55. The number of fused-ring (bicyclic) bond motifs is 1. The summed E-state index contributed by atoms with van der Waals surface area (Å²) in [6.07, 6.45) is 0.835. The Balaban J connectivity index is 2.73. The molecule has 0 unspecified atom stereocenters. The predicted octanol–water partition coefficient (Wildman–Crippen LogP) is 2.70. The summed E-state index contributed by atoms with van der Waals surface area (Å²) in [7, 11) is 0. The molecule has 0 saturated heterocycles. The highest BCUT2D eigenvalue weighted by Crippen LogP contribution is 2.32. The Morgan fingerprint density at radius 3 is 3.00 bits per heavy atom. The molecule has 0 radical (unpaired) electrons. The lowest BCUT2D eigenvalue weighted by atomic mass is 9.98. The second-order valence-electron chi connectivity index (χ2n) is 3.35. The Kier molecular flexibility index (Phi) is 2.54. The normalized spacial score (nSPS) is 14.9. The fourth-order valence-electron chi connectivity index (χ4n) is 1.66. The quantitative estimate of drug-likeness (QED) is 0.774. The summed E-state index contributed by atoms with van der Waals surface area (Å²) >= 11 is 9.55. The number of benzene rings is 1. The molecule has 1 aromatic carbocycles. The average Bonchev–Trinajstić information content (AvgIpc) is 2.14. The Morgan fingerprint density at radius 1 is 1.57 bits per heavy atom. The van der Waals surface area contributed by atoms with E-state index in [9.17, 15) is 4.79 Å². The lowest BCUT2D eigenvalue weighted by Gasteiger charge is -2.20. The molecule has 0 aromatic heterocycles. The average molecular weight is 275 g/mol. The maximum Gasteiger partial charge on any atom is 0.253 e. The van der Waals surface area contributed by atoms with E-state index in [0.717, 1.165) is 22.0 Å². The summed E-state index contributed by atoms with van der Waals surface area (Å²) in [6.45, 7) is 2.58. The third-order valence-electron chi connectivity index (χ3n) is 2.39. The Bertz CT molecular complexity index is 417. The molecule has 0 bridgehead atoms. The van der Waals surface area contributed by atoms with Crippen LogP contribution in [0, 0.1) is 6.92 Å². The molecule has 14 heavy (non-hydrogen) atoms. The van der Waals surface area contributed by atoms with Crippen molar-refractivity contribution in [3.63, 3.8) is 0 Å². The number of carbonyl (C=O) groups excluding carboxylic acids is 1. The van der Waals surface area contributed by atoms with Crippen LogP contribution in [-0.4, -0.2) is 12.5 Å². The Morgan fingerprint density at radius 2 is 2.29 bits per heavy atom. The summed E-state index contributed by atoms with van der Waals surface area (Å²) in [5.41, 5.74) is 2.57. The zero-order chi connectivity index (χ0) is 10.3. The van der Waals surface area contributed by atoms with E-state index in [1.807, 2.05) is 13.0 Å². The van der Waals surface area contributed by atoms with Gasteiger partial charge in [0.2, 0.25) is 0 Å². The van der Waals surface area contributed by atoms with Crippen molar-refractivity contribution in [3.8, 4) is 0 Å². The van der Waals surface area contributed by atoms with Gasteiger partial charge in [0.05, 0.1) is 10.6 Å². The molecule has 1 heterocycles. The number of rotatable bonds is 0. The largest absolute Gasteiger partial charge is 0.352 e. The maximum absolute atomic E-state index is 11.6. The van der Waals surface area contributed by atoms with E-state index in [4.69, 9.17) is 11.6 Å². The van der Waals surface area contributed by atoms with Crippen LogP contribution < -0.4 is 5.32 Å². The SMILES string of the molecule is Cc1cc(Br)c2c(c1Cl)C(=O)NCC2. The maximum atomic E-state index is 11.6. The zero-order valence-electron chi connectivity index (χ0n) is 7.66. The monoisotopic (exact) mass is 273 g/mol. The highest BCUT2D eigenvalue weighted by atomic mass is 79.9. The molecule has 2 nitrogen and oxygen atoms in total. The highest BCUT2D eigenvalue weighted by Gasteiger charge is 2.23. The van der Waals surface area contributed by atoms with Crippen LogP contribution in [0.3, 0.4) is 0 Å². The van der Waals surface area contributed by atoms with Crippen LogP contribution in [0.5, 0.6) is 0 Å². The molecule has 1 amide bonds. The van der Waals surface area contributed by atoms with Crippen LogP contribution in [-0.2, 0) is 6.42 Å². The van der Waals surface area contributed by atoms with Crippen molar-refractivity contribution >= 4 is 33.4 Å². The van der Waals surface area contributed by atoms with E-state index in [0.29, 0.717) is 17.1 Å². The standard InChI is InChI=1S/C10H9BrClNO/c1-5-4-7(11)6-2-3-13-10(14)8(6)9(5)12/h4H,2-3H2,1H3,(H,13,14). The first-order valence-electron chi connectivity index (χ1n) is 4.37. The van der Waals surface area contributed by atoms with E-state index < -0.39 is 0 Å². The van der Waals surface area contributed by atoms with Crippen molar-refractivity contribution in [2.75, 3.05) is 6.54 Å². The molecule has 0 atom stereocenters. The number of halogens is 2. The van der Waals surface area contributed by atoms with Crippen molar-refractivity contribution < 1.29 is 4.79 Å². The fraction of sp³-hybridized carbons (Fsp3) is 0.300. The Hall–Kier alpha value is -0.540. The summed E-state index contributed by atoms with van der Waals surface area (Å²) in [6, 6.07) is 1.96. The van der Waals surface area contributed by atoms with E-state index in [2.05, 4.69) is 21.2 Å². The molecule has 0 saturated carbocycles. The number of nitrogens with one attached hydrogen (secondary N) is 1. The molecule has 1 aliphatic heterocycles. The van der Waals surface area contributed by atoms with Crippen molar-refractivity contribution in [3.05, 3.63) is 32.3 Å². The third kappa shape index (κ3) is 1.44. The number of hydrogen-bond acceptors (Lipinski definition) is 1. The van der Waals surface area contributed by atoms with Gasteiger partial charge in [-0.3, -0.25) is 4.79 Å². The van der Waals surface area contributed by atoms with Crippen LogP contribution >= 0.6 is 27.5 Å². The first-order valence-corrected chi connectivity index (χ1v) is 5.54. The van der Waals surface area contributed by atoms with Crippen molar-refractivity contribution in [1.82, 2.24) is 5.32 Å². The van der Waals surface area contributed by atoms with Gasteiger partial charge in [0, 0.05) is 11.0 Å². The minimum Gasteiger partial charge on any atom is -0.352 e. The second-order valence-corrected chi connectivity index (χ2v) is 4.58. The smallest absolute Gasteiger partial charge is 0.253 e. The van der Waals surface area contributed by atoms with Gasteiger partial charge in [0.1, 0.15) is 0 Å². The minimum absolute atomic E-state index is 0.0688. The zero-order valence-corrected chi connectivity index (χ0v) is 10.00. The molecule has 0 aliphatic carbocycles. The van der Waals surface area contributed by atoms with Gasteiger partial charge < -0.3 is 5.32 Å². The molecule has 4 heteroatoms. The Labute approximate surface area is 95.8 Å². The van der Waals surface area contributed by atoms with Gasteiger partial charge in [-0.2, -0.15) is 0 Å². The van der Waals surface area contributed by atoms with E-state index in [1.165, 1.54) is 0 Å². The van der Waals surface area contributed by atoms with Crippen molar-refractivity contribution in [2.24, 2.45) is 0 Å². The fourth-order valence-corrected chi connectivity index (χ4v) is 2.65. The molecule has 2 rings (SSSR count). The molecular weight excluding hydrogens is 265 g/mol. The predicted molar refractivity (Wildman–Crippen MR) is 59.9 cm³/mol. The molecule has 1 aliphatic rings. The summed E-state index contributed by atoms with van der Waals surface area (Å²) in [4.78, 5) is 11.6. The number of hydrogen-bond donors (Lipinski definition) is 1. The minimum atomic E-state index is -0.0688. The summed E-state index contributed by atoms with van der Waals surface area (Å²) in [5, 5.41) is 3.36. The topological polar surface area (TPSA) is 29.1 Å².